The summed E-state index contributed by atoms with van der Waals surface area (Å²) >= 11 is 0. The molecule has 0 saturated heterocycles. The number of carbonyl (C=O) groups excluding carboxylic acids is 2. The molecule has 1 aliphatic heterocycles. The maximum atomic E-state index is 12.2. The van der Waals surface area contributed by atoms with Crippen molar-refractivity contribution in [3.63, 3.8) is 0 Å². The number of azo groups is 1. The Hall–Kier alpha value is -3.42. The number of nitro benzene ring substituents is 1. The van der Waals surface area contributed by atoms with Crippen molar-refractivity contribution in [2.24, 2.45) is 10.2 Å². The van der Waals surface area contributed by atoms with Gasteiger partial charge in [0.05, 0.1) is 4.92 Å². The number of para-hydroxylation sites is 1. The molecule has 1 aliphatic rings. The van der Waals surface area contributed by atoms with Gasteiger partial charge in [-0.15, -0.1) is 5.11 Å². The van der Waals surface area contributed by atoms with E-state index in [1.165, 1.54) is 18.2 Å². The molecule has 0 bridgehead atoms. The van der Waals surface area contributed by atoms with Gasteiger partial charge in [-0.3, -0.25) is 19.7 Å². The van der Waals surface area contributed by atoms with Crippen LogP contribution >= 0.6 is 0 Å². The predicted octanol–water partition coefficient (Wildman–Crippen LogP) is 2.67. The topological polar surface area (TPSA) is 114 Å². The van der Waals surface area contributed by atoms with Gasteiger partial charge in [0.25, 0.3) is 17.5 Å². The number of rotatable bonds is 4. The Balaban J connectivity index is 1.77. The summed E-state index contributed by atoms with van der Waals surface area (Å²) in [6, 6.07) is 12.1. The van der Waals surface area contributed by atoms with Gasteiger partial charge >= 0.3 is 0 Å². The molecule has 0 radical (unpaired) electrons. The minimum absolute atomic E-state index is 0.0281. The Kier molecular flexibility index (Phi) is 4.11. The van der Waals surface area contributed by atoms with Crippen molar-refractivity contribution in [3.8, 4) is 0 Å². The average Bonchev–Trinajstić information content (AvgIpc) is 2.61. The maximum absolute atomic E-state index is 12.2. The zero-order chi connectivity index (χ0) is 17.1. The lowest BCUT2D eigenvalue weighted by atomic mass is 9.99. The zero-order valence-corrected chi connectivity index (χ0v) is 12.4. The molecular weight excluding hydrogens is 312 g/mol. The number of nitrogens with one attached hydrogen (secondary N) is 1. The Morgan fingerprint density at radius 2 is 1.88 bits per heavy atom. The third-order valence-electron chi connectivity index (χ3n) is 3.64. The summed E-state index contributed by atoms with van der Waals surface area (Å²) in [5.41, 5.74) is 0.813. The Bertz CT molecular complexity index is 863. The standard InChI is InChI=1S/C16H12N4O4/c21-15(12-7-3-4-8-14(12)20(23)24)17-9-13-10-5-1-2-6-11(10)16(22)19-18-13/h1-8,13H,9H2,(H,17,21). The van der Waals surface area contributed by atoms with E-state index in [1.54, 1.807) is 30.3 Å². The summed E-state index contributed by atoms with van der Waals surface area (Å²) in [6.07, 6.45) is 0. The van der Waals surface area contributed by atoms with Crippen molar-refractivity contribution in [1.29, 1.82) is 0 Å². The van der Waals surface area contributed by atoms with E-state index in [4.69, 9.17) is 0 Å². The van der Waals surface area contributed by atoms with E-state index in [9.17, 15) is 19.7 Å². The van der Waals surface area contributed by atoms with E-state index in [2.05, 4.69) is 15.5 Å². The van der Waals surface area contributed by atoms with Gasteiger partial charge in [-0.25, -0.2) is 0 Å². The van der Waals surface area contributed by atoms with Crippen molar-refractivity contribution in [2.75, 3.05) is 6.54 Å². The van der Waals surface area contributed by atoms with Gasteiger partial charge < -0.3 is 5.32 Å². The molecule has 0 aromatic heterocycles. The van der Waals surface area contributed by atoms with E-state index in [0.29, 0.717) is 11.1 Å². The fraction of sp³-hybridized carbons (Fsp3) is 0.125. The van der Waals surface area contributed by atoms with E-state index in [0.717, 1.165) is 0 Å². The third kappa shape index (κ3) is 2.89. The van der Waals surface area contributed by atoms with Crippen LogP contribution in [0.15, 0.2) is 58.8 Å². The highest BCUT2D eigenvalue weighted by Crippen LogP contribution is 2.27. The highest BCUT2D eigenvalue weighted by Gasteiger charge is 2.25. The summed E-state index contributed by atoms with van der Waals surface area (Å²) in [5.74, 6) is -1.00. The molecule has 1 atom stereocenters. The first kappa shape index (κ1) is 15.5. The first-order valence-electron chi connectivity index (χ1n) is 7.13. The van der Waals surface area contributed by atoms with Gasteiger partial charge in [0.2, 0.25) is 0 Å². The Labute approximate surface area is 136 Å². The van der Waals surface area contributed by atoms with E-state index >= 15 is 0 Å². The van der Waals surface area contributed by atoms with Crippen molar-refractivity contribution >= 4 is 17.5 Å². The SMILES string of the molecule is O=C1N=NC(CNC(=O)c2ccccc2[N+](=O)[O-])c2ccccc21. The number of amides is 2. The minimum atomic E-state index is -0.608. The molecule has 3 rings (SSSR count). The number of benzene rings is 2. The molecule has 2 amide bonds. The monoisotopic (exact) mass is 324 g/mol. The quantitative estimate of drug-likeness (QED) is 0.687. The molecule has 1 unspecified atom stereocenters. The molecular formula is C16H12N4O4. The van der Waals surface area contributed by atoms with Crippen molar-refractivity contribution in [2.45, 2.75) is 6.04 Å². The van der Waals surface area contributed by atoms with Gasteiger partial charge in [0.15, 0.2) is 0 Å². The summed E-state index contributed by atoms with van der Waals surface area (Å²) in [6.45, 7) is 0.0820. The number of fused-ring (bicyclic) bond motifs is 1. The van der Waals surface area contributed by atoms with Crippen molar-refractivity contribution in [1.82, 2.24) is 5.32 Å². The average molecular weight is 324 g/mol. The molecule has 8 nitrogen and oxygen atoms in total. The highest BCUT2D eigenvalue weighted by molar-refractivity contribution is 5.98. The second kappa shape index (κ2) is 6.37. The first-order chi connectivity index (χ1) is 11.6. The van der Waals surface area contributed by atoms with Crippen LogP contribution in [-0.4, -0.2) is 23.3 Å². The Morgan fingerprint density at radius 3 is 2.67 bits per heavy atom. The molecule has 1 heterocycles. The summed E-state index contributed by atoms with van der Waals surface area (Å²) in [4.78, 5) is 34.3. The van der Waals surface area contributed by atoms with Crippen LogP contribution in [-0.2, 0) is 0 Å². The number of nitrogens with zero attached hydrogens (tertiary/aromatic N) is 3. The van der Waals surface area contributed by atoms with Crippen LogP contribution in [0, 0.1) is 10.1 Å². The lowest BCUT2D eigenvalue weighted by molar-refractivity contribution is -0.385. The molecule has 120 valence electrons. The van der Waals surface area contributed by atoms with E-state index in [-0.39, 0.29) is 17.8 Å². The van der Waals surface area contributed by atoms with Crippen LogP contribution in [0.3, 0.4) is 0 Å². The maximum Gasteiger partial charge on any atom is 0.295 e. The van der Waals surface area contributed by atoms with Crippen LogP contribution in [0.5, 0.6) is 0 Å². The lowest BCUT2D eigenvalue weighted by Crippen LogP contribution is -2.29. The van der Waals surface area contributed by atoms with E-state index in [1.807, 2.05) is 0 Å². The largest absolute Gasteiger partial charge is 0.349 e. The van der Waals surface area contributed by atoms with E-state index < -0.39 is 22.8 Å². The van der Waals surface area contributed by atoms with Crippen LogP contribution in [0.2, 0.25) is 0 Å². The molecule has 0 fully saturated rings. The summed E-state index contributed by atoms with van der Waals surface area (Å²) in [5, 5.41) is 21.1. The first-order valence-corrected chi connectivity index (χ1v) is 7.13. The van der Waals surface area contributed by atoms with Gasteiger partial charge in [0, 0.05) is 18.2 Å². The molecule has 8 heteroatoms. The number of hydrogen-bond donors (Lipinski definition) is 1. The fourth-order valence-electron chi connectivity index (χ4n) is 2.48. The minimum Gasteiger partial charge on any atom is -0.349 e. The van der Waals surface area contributed by atoms with Gasteiger partial charge in [-0.1, -0.05) is 30.3 Å². The normalized spacial score (nSPS) is 15.7. The second-order valence-electron chi connectivity index (χ2n) is 5.11. The Morgan fingerprint density at radius 1 is 1.17 bits per heavy atom. The molecule has 24 heavy (non-hydrogen) atoms. The smallest absolute Gasteiger partial charge is 0.295 e. The molecule has 2 aromatic carbocycles. The summed E-state index contributed by atoms with van der Waals surface area (Å²) in [7, 11) is 0. The fourth-order valence-corrected chi connectivity index (χ4v) is 2.48. The number of carbonyl (C=O) groups is 2. The predicted molar refractivity (Wildman–Crippen MR) is 83.8 cm³/mol. The molecule has 0 spiro atoms. The van der Waals surface area contributed by atoms with Crippen LogP contribution in [0.25, 0.3) is 0 Å². The number of hydrogen-bond acceptors (Lipinski definition) is 5. The van der Waals surface area contributed by atoms with Crippen molar-refractivity contribution < 1.29 is 14.5 Å². The second-order valence-corrected chi connectivity index (χ2v) is 5.11. The lowest BCUT2D eigenvalue weighted by Gasteiger charge is -2.18. The third-order valence-corrected chi connectivity index (χ3v) is 3.64. The van der Waals surface area contributed by atoms with Gasteiger partial charge in [-0.2, -0.15) is 5.11 Å². The molecule has 2 aromatic rings. The van der Waals surface area contributed by atoms with Crippen molar-refractivity contribution in [3.05, 3.63) is 75.3 Å². The number of nitro groups is 1. The van der Waals surface area contributed by atoms with Crippen LogP contribution in [0.4, 0.5) is 5.69 Å². The molecule has 0 aliphatic carbocycles. The molecule has 0 saturated carbocycles. The zero-order valence-electron chi connectivity index (χ0n) is 12.4. The molecule has 1 N–H and O–H groups in total. The van der Waals surface area contributed by atoms with Gasteiger partial charge in [-0.05, 0) is 17.7 Å². The van der Waals surface area contributed by atoms with Crippen LogP contribution in [0.1, 0.15) is 32.3 Å². The van der Waals surface area contributed by atoms with Gasteiger partial charge in [0.1, 0.15) is 11.6 Å². The van der Waals surface area contributed by atoms with Crippen LogP contribution < -0.4 is 5.32 Å². The highest BCUT2D eigenvalue weighted by atomic mass is 16.6. The summed E-state index contributed by atoms with van der Waals surface area (Å²) < 4.78 is 0.